The Balaban J connectivity index is 2.25. The molecule has 64 valence electrons. The topological polar surface area (TPSA) is 27.1 Å². The highest BCUT2D eigenvalue weighted by Gasteiger charge is 2.08. The summed E-state index contributed by atoms with van der Waals surface area (Å²) in [6, 6.07) is 0. The average Bonchev–Trinajstić information content (AvgIpc) is 2.14. The van der Waals surface area contributed by atoms with Gasteiger partial charge in [0.25, 0.3) is 0 Å². The molecular formula is C9H18N2. The quantitative estimate of drug-likeness (QED) is 0.604. The summed E-state index contributed by atoms with van der Waals surface area (Å²) in [7, 11) is 0. The molecule has 1 rings (SSSR count). The molecule has 0 amide bonds. The molecule has 1 fully saturated rings. The standard InChI is InChI=1S/C9H18N2/c1-9(10)8-11-6-4-2-3-5-7-11/h10H,2-8H2,1H3. The highest BCUT2D eigenvalue weighted by atomic mass is 15.1. The Labute approximate surface area is 69.1 Å². The molecule has 0 unspecified atom stereocenters. The summed E-state index contributed by atoms with van der Waals surface area (Å²) in [4.78, 5) is 2.40. The molecule has 1 aliphatic rings. The molecule has 0 aliphatic carbocycles. The Kier molecular flexibility index (Phi) is 3.57. The molecule has 0 aromatic heterocycles. The summed E-state index contributed by atoms with van der Waals surface area (Å²) in [5.74, 6) is 0. The van der Waals surface area contributed by atoms with Gasteiger partial charge in [-0.05, 0) is 32.9 Å². The van der Waals surface area contributed by atoms with E-state index in [1.54, 1.807) is 0 Å². The van der Waals surface area contributed by atoms with E-state index in [1.165, 1.54) is 38.8 Å². The monoisotopic (exact) mass is 154 g/mol. The molecule has 0 aromatic carbocycles. The maximum absolute atomic E-state index is 7.36. The zero-order chi connectivity index (χ0) is 8.10. The van der Waals surface area contributed by atoms with Gasteiger partial charge in [0, 0.05) is 12.3 Å². The van der Waals surface area contributed by atoms with Gasteiger partial charge in [-0.15, -0.1) is 0 Å². The molecule has 1 N–H and O–H groups in total. The van der Waals surface area contributed by atoms with Gasteiger partial charge >= 0.3 is 0 Å². The van der Waals surface area contributed by atoms with E-state index in [-0.39, 0.29) is 0 Å². The maximum Gasteiger partial charge on any atom is 0.0357 e. The van der Waals surface area contributed by atoms with Gasteiger partial charge in [-0.25, -0.2) is 0 Å². The first-order valence-corrected chi connectivity index (χ1v) is 4.55. The van der Waals surface area contributed by atoms with Crippen LogP contribution in [0.1, 0.15) is 32.6 Å². The molecule has 0 aromatic rings. The second-order valence-electron chi connectivity index (χ2n) is 3.47. The fraction of sp³-hybridized carbons (Fsp3) is 0.889. The zero-order valence-electron chi connectivity index (χ0n) is 7.40. The molecule has 0 spiro atoms. The molecule has 0 radical (unpaired) electrons. The van der Waals surface area contributed by atoms with Crippen LogP contribution in [0.3, 0.4) is 0 Å². The van der Waals surface area contributed by atoms with Gasteiger partial charge in [0.15, 0.2) is 0 Å². The molecule has 1 heterocycles. The van der Waals surface area contributed by atoms with Crippen molar-refractivity contribution < 1.29 is 0 Å². The van der Waals surface area contributed by atoms with Crippen LogP contribution in [0.15, 0.2) is 0 Å². The van der Waals surface area contributed by atoms with Crippen LogP contribution in [0.25, 0.3) is 0 Å². The first kappa shape index (κ1) is 8.72. The van der Waals surface area contributed by atoms with Gasteiger partial charge in [0.05, 0.1) is 0 Å². The van der Waals surface area contributed by atoms with Gasteiger partial charge in [-0.1, -0.05) is 12.8 Å². The van der Waals surface area contributed by atoms with Crippen molar-refractivity contribution in [1.82, 2.24) is 4.90 Å². The first-order valence-electron chi connectivity index (χ1n) is 4.55. The Morgan fingerprint density at radius 1 is 1.18 bits per heavy atom. The summed E-state index contributed by atoms with van der Waals surface area (Å²) in [6.45, 7) is 5.19. The average molecular weight is 154 g/mol. The molecule has 2 heteroatoms. The van der Waals surface area contributed by atoms with Crippen LogP contribution in [0.5, 0.6) is 0 Å². The Hall–Kier alpha value is -0.370. The summed E-state index contributed by atoms with van der Waals surface area (Å²) in [5, 5.41) is 7.36. The van der Waals surface area contributed by atoms with Gasteiger partial charge < -0.3 is 5.41 Å². The van der Waals surface area contributed by atoms with Crippen molar-refractivity contribution in [3.8, 4) is 0 Å². The minimum absolute atomic E-state index is 0.798. The van der Waals surface area contributed by atoms with Crippen molar-refractivity contribution >= 4 is 5.71 Å². The smallest absolute Gasteiger partial charge is 0.0357 e. The Morgan fingerprint density at radius 2 is 1.73 bits per heavy atom. The number of likely N-dealkylation sites (tertiary alicyclic amines) is 1. The van der Waals surface area contributed by atoms with E-state index >= 15 is 0 Å². The highest BCUT2D eigenvalue weighted by Crippen LogP contribution is 2.08. The maximum atomic E-state index is 7.36. The first-order chi connectivity index (χ1) is 5.29. The third kappa shape index (κ3) is 3.51. The summed E-state index contributed by atoms with van der Waals surface area (Å²) < 4.78 is 0. The number of rotatable bonds is 2. The summed E-state index contributed by atoms with van der Waals surface area (Å²) in [6.07, 6.45) is 5.42. The summed E-state index contributed by atoms with van der Waals surface area (Å²) >= 11 is 0. The minimum Gasteiger partial charge on any atom is -0.309 e. The van der Waals surface area contributed by atoms with Crippen molar-refractivity contribution in [3.05, 3.63) is 0 Å². The molecule has 1 aliphatic heterocycles. The normalized spacial score (nSPS) is 21.2. The van der Waals surface area contributed by atoms with E-state index in [0.29, 0.717) is 0 Å². The second kappa shape index (κ2) is 4.50. The third-order valence-corrected chi connectivity index (χ3v) is 2.16. The molecule has 0 bridgehead atoms. The van der Waals surface area contributed by atoms with Crippen molar-refractivity contribution in [2.45, 2.75) is 32.6 Å². The lowest BCUT2D eigenvalue weighted by Crippen LogP contribution is -2.29. The van der Waals surface area contributed by atoms with Crippen molar-refractivity contribution in [1.29, 1.82) is 5.41 Å². The van der Waals surface area contributed by atoms with Crippen molar-refractivity contribution in [2.24, 2.45) is 0 Å². The molecule has 11 heavy (non-hydrogen) atoms. The van der Waals surface area contributed by atoms with E-state index < -0.39 is 0 Å². The number of hydrogen-bond donors (Lipinski definition) is 1. The molecular weight excluding hydrogens is 136 g/mol. The second-order valence-corrected chi connectivity index (χ2v) is 3.47. The number of nitrogens with one attached hydrogen (secondary N) is 1. The van der Waals surface area contributed by atoms with Gasteiger partial charge in [0.2, 0.25) is 0 Å². The predicted molar refractivity (Wildman–Crippen MR) is 48.3 cm³/mol. The number of hydrogen-bond acceptors (Lipinski definition) is 2. The third-order valence-electron chi connectivity index (χ3n) is 2.16. The largest absolute Gasteiger partial charge is 0.309 e. The molecule has 0 saturated carbocycles. The molecule has 0 atom stereocenters. The van der Waals surface area contributed by atoms with Crippen LogP contribution in [0, 0.1) is 5.41 Å². The minimum atomic E-state index is 0.798. The van der Waals surface area contributed by atoms with Crippen LogP contribution in [-0.2, 0) is 0 Å². The van der Waals surface area contributed by atoms with E-state index in [2.05, 4.69) is 4.90 Å². The fourth-order valence-electron chi connectivity index (χ4n) is 1.63. The van der Waals surface area contributed by atoms with Crippen LogP contribution < -0.4 is 0 Å². The molecule has 1 saturated heterocycles. The summed E-state index contributed by atoms with van der Waals surface area (Å²) in [5.41, 5.74) is 0.798. The van der Waals surface area contributed by atoms with E-state index in [4.69, 9.17) is 5.41 Å². The van der Waals surface area contributed by atoms with Crippen molar-refractivity contribution in [2.75, 3.05) is 19.6 Å². The lowest BCUT2D eigenvalue weighted by atomic mass is 10.2. The Bertz CT molecular complexity index is 124. The molecule has 2 nitrogen and oxygen atoms in total. The van der Waals surface area contributed by atoms with E-state index in [9.17, 15) is 0 Å². The van der Waals surface area contributed by atoms with E-state index in [0.717, 1.165) is 12.3 Å². The predicted octanol–water partition coefficient (Wildman–Crippen LogP) is 1.90. The fourth-order valence-corrected chi connectivity index (χ4v) is 1.63. The Morgan fingerprint density at radius 3 is 2.18 bits per heavy atom. The lowest BCUT2D eigenvalue weighted by Gasteiger charge is -2.18. The van der Waals surface area contributed by atoms with Crippen molar-refractivity contribution in [3.63, 3.8) is 0 Å². The van der Waals surface area contributed by atoms with Gasteiger partial charge in [-0.2, -0.15) is 0 Å². The zero-order valence-corrected chi connectivity index (χ0v) is 7.40. The number of nitrogens with zero attached hydrogens (tertiary/aromatic N) is 1. The van der Waals surface area contributed by atoms with Gasteiger partial charge in [0.1, 0.15) is 0 Å². The van der Waals surface area contributed by atoms with E-state index in [1.807, 2.05) is 6.92 Å². The lowest BCUT2D eigenvalue weighted by molar-refractivity contribution is 0.324. The van der Waals surface area contributed by atoms with Crippen LogP contribution in [0.4, 0.5) is 0 Å². The van der Waals surface area contributed by atoms with Crippen LogP contribution in [-0.4, -0.2) is 30.2 Å². The SMILES string of the molecule is CC(=N)CN1CCCCCC1. The highest BCUT2D eigenvalue weighted by molar-refractivity contribution is 5.80. The van der Waals surface area contributed by atoms with Crippen LogP contribution in [0.2, 0.25) is 0 Å². The van der Waals surface area contributed by atoms with Crippen LogP contribution >= 0.6 is 0 Å². The van der Waals surface area contributed by atoms with Gasteiger partial charge in [-0.3, -0.25) is 4.90 Å².